The molecule has 1 unspecified atom stereocenters. The van der Waals surface area contributed by atoms with Crippen molar-refractivity contribution in [2.45, 2.75) is 22.1 Å². The highest BCUT2D eigenvalue weighted by Gasteiger charge is 2.53. The number of para-hydroxylation sites is 4. The molecule has 1 spiro atoms. The van der Waals surface area contributed by atoms with E-state index in [1.165, 1.54) is 27.8 Å². The first-order valence-corrected chi connectivity index (χ1v) is 17.5. The molecule has 3 aliphatic rings. The molecule has 4 heteroatoms. The van der Waals surface area contributed by atoms with Crippen molar-refractivity contribution in [3.8, 4) is 11.1 Å². The van der Waals surface area contributed by atoms with Gasteiger partial charge in [-0.15, -0.1) is 0 Å². The van der Waals surface area contributed by atoms with Gasteiger partial charge >= 0.3 is 0 Å². The third-order valence-electron chi connectivity index (χ3n) is 10.3. The number of benzene rings is 7. The van der Waals surface area contributed by atoms with Crippen LogP contribution in [0.2, 0.25) is 0 Å². The summed E-state index contributed by atoms with van der Waals surface area (Å²) in [5.41, 5.74) is 14.0. The van der Waals surface area contributed by atoms with E-state index in [0.29, 0.717) is 0 Å². The molecular formula is C44H30N2OS. The highest BCUT2D eigenvalue weighted by atomic mass is 32.2. The molecule has 1 atom stereocenters. The van der Waals surface area contributed by atoms with Gasteiger partial charge in [0, 0.05) is 16.9 Å². The standard InChI is InChI=1S/C44H30N2OS/c1-29-23-25-31(26-24-29)46-39-21-11-12-22-41(39)48(47)43-40(46)28-27-36-42(43)32-15-5-6-16-33(32)44(36)34-17-7-9-19-37(34)45(30-13-3-2-4-14-30)38-20-10-8-18-35(38)44/h2-28H,1H3. The third-order valence-corrected chi connectivity index (χ3v) is 11.8. The van der Waals surface area contributed by atoms with Crippen LogP contribution >= 0.6 is 0 Å². The van der Waals surface area contributed by atoms with Crippen molar-refractivity contribution in [3.63, 3.8) is 0 Å². The highest BCUT2D eigenvalue weighted by molar-refractivity contribution is 7.85. The molecule has 3 nitrogen and oxygen atoms in total. The number of nitrogens with zero attached hydrogens (tertiary/aromatic N) is 2. The Morgan fingerprint density at radius 3 is 1.71 bits per heavy atom. The lowest BCUT2D eigenvalue weighted by molar-refractivity contribution is 0.682. The lowest BCUT2D eigenvalue weighted by Gasteiger charge is -2.45. The van der Waals surface area contributed by atoms with Crippen LogP contribution in [0.5, 0.6) is 0 Å². The first kappa shape index (κ1) is 27.4. The average Bonchev–Trinajstić information content (AvgIpc) is 3.44. The fraction of sp³-hybridized carbons (Fsp3) is 0.0455. The molecule has 48 heavy (non-hydrogen) atoms. The van der Waals surface area contributed by atoms with E-state index in [2.05, 4.69) is 162 Å². The number of rotatable bonds is 2. The van der Waals surface area contributed by atoms with Crippen molar-refractivity contribution in [3.05, 3.63) is 192 Å². The monoisotopic (exact) mass is 634 g/mol. The predicted octanol–water partition coefficient (Wildman–Crippen LogP) is 11.1. The zero-order valence-electron chi connectivity index (χ0n) is 26.3. The first-order chi connectivity index (χ1) is 23.7. The molecule has 7 aromatic carbocycles. The molecule has 10 rings (SSSR count). The van der Waals surface area contributed by atoms with Crippen molar-refractivity contribution >= 4 is 44.9 Å². The van der Waals surface area contributed by atoms with E-state index in [1.807, 2.05) is 18.2 Å². The fourth-order valence-corrected chi connectivity index (χ4v) is 9.91. The summed E-state index contributed by atoms with van der Waals surface area (Å²) in [5.74, 6) is 0. The van der Waals surface area contributed by atoms with E-state index < -0.39 is 16.2 Å². The van der Waals surface area contributed by atoms with Crippen molar-refractivity contribution < 1.29 is 4.21 Å². The van der Waals surface area contributed by atoms with Gasteiger partial charge in [0.2, 0.25) is 0 Å². The van der Waals surface area contributed by atoms with E-state index in [1.54, 1.807) is 0 Å². The summed E-state index contributed by atoms with van der Waals surface area (Å²) in [7, 11) is -1.40. The van der Waals surface area contributed by atoms with E-state index in [-0.39, 0.29) is 0 Å². The minimum absolute atomic E-state index is 0.602. The smallest absolute Gasteiger partial charge is 0.0898 e. The summed E-state index contributed by atoms with van der Waals surface area (Å²) in [4.78, 5) is 6.38. The van der Waals surface area contributed by atoms with Crippen LogP contribution in [0, 0.1) is 6.92 Å². The van der Waals surface area contributed by atoms with Crippen LogP contribution in [0.1, 0.15) is 27.8 Å². The highest BCUT2D eigenvalue weighted by Crippen LogP contribution is 2.65. The lowest BCUT2D eigenvalue weighted by Crippen LogP contribution is -2.36. The van der Waals surface area contributed by atoms with Crippen LogP contribution in [0.3, 0.4) is 0 Å². The average molecular weight is 635 g/mol. The lowest BCUT2D eigenvalue weighted by atomic mass is 9.64. The largest absolute Gasteiger partial charge is 0.310 e. The molecule has 0 fully saturated rings. The Morgan fingerprint density at radius 2 is 1.00 bits per heavy atom. The number of hydrogen-bond acceptors (Lipinski definition) is 3. The normalized spacial score (nSPS) is 16.0. The van der Waals surface area contributed by atoms with E-state index >= 15 is 0 Å². The van der Waals surface area contributed by atoms with Crippen LogP contribution in [0.15, 0.2) is 174 Å². The number of hydrogen-bond donors (Lipinski definition) is 0. The van der Waals surface area contributed by atoms with Crippen LogP contribution in [0.4, 0.5) is 34.1 Å². The molecule has 228 valence electrons. The summed E-state index contributed by atoms with van der Waals surface area (Å²) < 4.78 is 15.0. The van der Waals surface area contributed by atoms with Crippen molar-refractivity contribution in [2.75, 3.05) is 9.80 Å². The van der Waals surface area contributed by atoms with Gasteiger partial charge in [-0.3, -0.25) is 0 Å². The molecule has 0 aromatic heterocycles. The minimum Gasteiger partial charge on any atom is -0.310 e. The van der Waals surface area contributed by atoms with Crippen molar-refractivity contribution in [1.82, 2.24) is 0 Å². The Labute approximate surface area is 282 Å². The Morgan fingerprint density at radius 1 is 0.458 bits per heavy atom. The van der Waals surface area contributed by atoms with Gasteiger partial charge in [-0.1, -0.05) is 115 Å². The SMILES string of the molecule is Cc1ccc(N2c3ccccc3S(=O)c3c2ccc2c3-c3ccccc3C23c2ccccc2N(c2ccccc2)c2ccccc23)cc1. The van der Waals surface area contributed by atoms with E-state index in [4.69, 9.17) is 0 Å². The Balaban J connectivity index is 1.33. The van der Waals surface area contributed by atoms with Crippen LogP contribution in [-0.2, 0) is 16.2 Å². The molecule has 0 amide bonds. The van der Waals surface area contributed by atoms with Gasteiger partial charge in [0.25, 0.3) is 0 Å². The Hall–Kier alpha value is -5.71. The van der Waals surface area contributed by atoms with Crippen LogP contribution < -0.4 is 9.80 Å². The zero-order valence-corrected chi connectivity index (χ0v) is 27.1. The topological polar surface area (TPSA) is 23.6 Å². The number of aryl methyl sites for hydroxylation is 1. The molecule has 0 saturated heterocycles. The van der Waals surface area contributed by atoms with Gasteiger partial charge in [-0.25, -0.2) is 4.21 Å². The third kappa shape index (κ3) is 3.50. The van der Waals surface area contributed by atoms with Gasteiger partial charge in [-0.2, -0.15) is 0 Å². The van der Waals surface area contributed by atoms with Gasteiger partial charge in [0.1, 0.15) is 0 Å². The summed E-state index contributed by atoms with van der Waals surface area (Å²) >= 11 is 0. The maximum absolute atomic E-state index is 15.0. The van der Waals surface area contributed by atoms with Gasteiger partial charge < -0.3 is 9.80 Å². The Bertz CT molecular complexity index is 2400. The summed E-state index contributed by atoms with van der Waals surface area (Å²) in [5, 5.41) is 0. The maximum Gasteiger partial charge on any atom is 0.0898 e. The summed E-state index contributed by atoms with van der Waals surface area (Å²) in [6, 6.07) is 58.4. The fourth-order valence-electron chi connectivity index (χ4n) is 8.38. The molecule has 0 bridgehead atoms. The molecule has 1 aliphatic carbocycles. The zero-order chi connectivity index (χ0) is 32.0. The molecule has 0 N–H and O–H groups in total. The van der Waals surface area contributed by atoms with E-state index in [0.717, 1.165) is 55.0 Å². The van der Waals surface area contributed by atoms with Crippen LogP contribution in [-0.4, -0.2) is 4.21 Å². The number of fused-ring (bicyclic) bond motifs is 12. The predicted molar refractivity (Wildman–Crippen MR) is 196 cm³/mol. The van der Waals surface area contributed by atoms with Gasteiger partial charge in [0.15, 0.2) is 0 Å². The van der Waals surface area contributed by atoms with Crippen molar-refractivity contribution in [2.24, 2.45) is 0 Å². The molecule has 0 saturated carbocycles. The molecule has 7 aromatic rings. The first-order valence-electron chi connectivity index (χ1n) is 16.4. The minimum atomic E-state index is -1.40. The summed E-state index contributed by atoms with van der Waals surface area (Å²) in [6.45, 7) is 2.11. The summed E-state index contributed by atoms with van der Waals surface area (Å²) in [6.07, 6.45) is 0. The van der Waals surface area contributed by atoms with E-state index in [9.17, 15) is 4.21 Å². The number of anilines is 6. The maximum atomic E-state index is 15.0. The second-order valence-corrected chi connectivity index (χ2v) is 14.1. The molecular weight excluding hydrogens is 605 g/mol. The molecule has 2 aliphatic heterocycles. The quantitative estimate of drug-likeness (QED) is 0.189. The second-order valence-electron chi connectivity index (χ2n) is 12.7. The van der Waals surface area contributed by atoms with Gasteiger partial charge in [-0.05, 0) is 89.3 Å². The molecule has 0 radical (unpaired) electrons. The molecule has 2 heterocycles. The van der Waals surface area contributed by atoms with Crippen molar-refractivity contribution in [1.29, 1.82) is 0 Å². The van der Waals surface area contributed by atoms with Gasteiger partial charge in [0.05, 0.1) is 48.8 Å². The Kier molecular flexibility index (Phi) is 5.79. The second kappa shape index (κ2) is 10.1. The van der Waals surface area contributed by atoms with Crippen LogP contribution in [0.25, 0.3) is 11.1 Å².